The van der Waals surface area contributed by atoms with Crippen LogP contribution in [0.5, 0.6) is 0 Å². The van der Waals surface area contributed by atoms with E-state index in [0.29, 0.717) is 0 Å². The molecule has 1 aliphatic carbocycles. The Kier molecular flexibility index (Phi) is 14.0. The summed E-state index contributed by atoms with van der Waals surface area (Å²) in [5.41, 5.74) is 3.75. The Balaban J connectivity index is 0. The van der Waals surface area contributed by atoms with Crippen LogP contribution in [-0.2, 0) is 0 Å². The molecule has 0 aromatic heterocycles. The van der Waals surface area contributed by atoms with E-state index in [1.54, 1.807) is 6.08 Å². The first-order valence-electron chi connectivity index (χ1n) is 9.20. The third-order valence-electron chi connectivity index (χ3n) is 4.01. The van der Waals surface area contributed by atoms with Gasteiger partial charge in [-0.2, -0.15) is 0 Å². The Labute approximate surface area is 147 Å². The van der Waals surface area contributed by atoms with Gasteiger partial charge >= 0.3 is 0 Å². The van der Waals surface area contributed by atoms with Crippen LogP contribution in [0.4, 0.5) is 4.39 Å². The zero-order valence-electron chi connectivity index (χ0n) is 17.0. The maximum atomic E-state index is 13.9. The summed E-state index contributed by atoms with van der Waals surface area (Å²) in [6.45, 7) is 19.0. The first-order valence-corrected chi connectivity index (χ1v) is 10.0. The Hall–Kier alpha value is -0.420. The minimum absolute atomic E-state index is 0.0234. The predicted octanol–water partition coefficient (Wildman–Crippen LogP) is 7.88. The maximum Gasteiger partial charge on any atom is 0.123 e. The van der Waals surface area contributed by atoms with Gasteiger partial charge in [-0.05, 0) is 48.9 Å². The normalized spacial score (nSPS) is 18.0. The standard InChI is InChI=1S/C16H26FP.C3H8.C2H6/c1-6-11(2)13(10-18)9-16(4,5)15-12(3)7-8-14(15)17;1-3-2;1-2/h7-8,12H,6,9-10,18H2,1-5H3;3H2,1-2H3;1-2H3/b13-11-;;. The van der Waals surface area contributed by atoms with Crippen LogP contribution in [0.15, 0.2) is 34.7 Å². The summed E-state index contributed by atoms with van der Waals surface area (Å²) in [7, 11) is 2.81. The van der Waals surface area contributed by atoms with E-state index in [9.17, 15) is 4.39 Å². The van der Waals surface area contributed by atoms with Crippen molar-refractivity contribution in [1.29, 1.82) is 0 Å². The van der Waals surface area contributed by atoms with Gasteiger partial charge in [-0.1, -0.05) is 79.0 Å². The zero-order valence-corrected chi connectivity index (χ0v) is 18.2. The van der Waals surface area contributed by atoms with E-state index >= 15 is 0 Å². The fourth-order valence-electron chi connectivity index (χ4n) is 2.85. The molecule has 2 heteroatoms. The molecule has 0 radical (unpaired) electrons. The molecular formula is C21H40FP. The van der Waals surface area contributed by atoms with E-state index < -0.39 is 0 Å². The highest BCUT2D eigenvalue weighted by Crippen LogP contribution is 2.44. The van der Waals surface area contributed by atoms with Crippen molar-refractivity contribution in [3.05, 3.63) is 34.7 Å². The van der Waals surface area contributed by atoms with Crippen molar-refractivity contribution in [2.75, 3.05) is 6.16 Å². The molecule has 23 heavy (non-hydrogen) atoms. The minimum atomic E-state index is -0.102. The van der Waals surface area contributed by atoms with Gasteiger partial charge in [-0.3, -0.25) is 0 Å². The van der Waals surface area contributed by atoms with E-state index in [1.807, 2.05) is 19.9 Å². The largest absolute Gasteiger partial charge is 0.207 e. The van der Waals surface area contributed by atoms with Crippen molar-refractivity contribution in [3.8, 4) is 0 Å². The molecule has 0 aromatic carbocycles. The molecule has 0 bridgehead atoms. The summed E-state index contributed by atoms with van der Waals surface area (Å²) in [4.78, 5) is 0. The van der Waals surface area contributed by atoms with Gasteiger partial charge in [0.25, 0.3) is 0 Å². The molecule has 2 unspecified atom stereocenters. The molecule has 0 heterocycles. The Morgan fingerprint density at radius 1 is 1.22 bits per heavy atom. The molecule has 0 saturated carbocycles. The third-order valence-corrected chi connectivity index (χ3v) is 4.50. The molecule has 1 aliphatic rings. The fraction of sp³-hybridized carbons (Fsp3) is 0.714. The quantitative estimate of drug-likeness (QED) is 0.352. The van der Waals surface area contributed by atoms with Gasteiger partial charge in [0, 0.05) is 0 Å². The monoisotopic (exact) mass is 342 g/mol. The van der Waals surface area contributed by atoms with Crippen LogP contribution in [0.3, 0.4) is 0 Å². The van der Waals surface area contributed by atoms with Crippen molar-refractivity contribution in [2.24, 2.45) is 11.3 Å². The average Bonchev–Trinajstić information content (AvgIpc) is 2.86. The van der Waals surface area contributed by atoms with E-state index in [4.69, 9.17) is 0 Å². The van der Waals surface area contributed by atoms with Crippen LogP contribution in [0, 0.1) is 11.3 Å². The second-order valence-electron chi connectivity index (χ2n) is 6.62. The lowest BCUT2D eigenvalue weighted by molar-refractivity contribution is 0.396. The Bertz CT molecular complexity index is 414. The molecule has 0 spiro atoms. The third kappa shape index (κ3) is 8.30. The molecule has 2 atom stereocenters. The van der Waals surface area contributed by atoms with Gasteiger partial charge in [0.2, 0.25) is 0 Å². The van der Waals surface area contributed by atoms with Crippen molar-refractivity contribution in [1.82, 2.24) is 0 Å². The fourth-order valence-corrected chi connectivity index (χ4v) is 3.34. The summed E-state index contributed by atoms with van der Waals surface area (Å²) < 4.78 is 13.9. The van der Waals surface area contributed by atoms with Crippen LogP contribution >= 0.6 is 9.24 Å². The number of rotatable bonds is 5. The van der Waals surface area contributed by atoms with Crippen molar-refractivity contribution >= 4 is 9.24 Å². The topological polar surface area (TPSA) is 0 Å². The molecular weight excluding hydrogens is 302 g/mol. The van der Waals surface area contributed by atoms with E-state index in [0.717, 1.165) is 24.6 Å². The number of hydrogen-bond donors (Lipinski definition) is 0. The predicted molar refractivity (Wildman–Crippen MR) is 110 cm³/mol. The molecule has 0 saturated heterocycles. The van der Waals surface area contributed by atoms with Gasteiger partial charge in [0.15, 0.2) is 0 Å². The van der Waals surface area contributed by atoms with Gasteiger partial charge in [-0.15, -0.1) is 9.24 Å². The molecule has 0 amide bonds. The highest BCUT2D eigenvalue weighted by atomic mass is 31.0. The second-order valence-corrected chi connectivity index (χ2v) is 7.03. The average molecular weight is 343 g/mol. The molecule has 0 nitrogen and oxygen atoms in total. The Morgan fingerprint density at radius 3 is 2.00 bits per heavy atom. The Morgan fingerprint density at radius 2 is 1.70 bits per heavy atom. The smallest absolute Gasteiger partial charge is 0.123 e. The van der Waals surface area contributed by atoms with Crippen molar-refractivity contribution in [2.45, 2.75) is 81.6 Å². The molecule has 0 aromatic rings. The zero-order chi connectivity index (χ0) is 18.6. The lowest BCUT2D eigenvalue weighted by atomic mass is 9.74. The summed E-state index contributed by atoms with van der Waals surface area (Å²) in [6, 6.07) is 0. The number of allylic oxidation sites excluding steroid dienone is 6. The summed E-state index contributed by atoms with van der Waals surface area (Å²) in [6.07, 6.45) is 7.85. The lowest BCUT2D eigenvalue weighted by Gasteiger charge is -2.31. The van der Waals surface area contributed by atoms with E-state index in [2.05, 4.69) is 57.7 Å². The molecule has 136 valence electrons. The van der Waals surface area contributed by atoms with Crippen molar-refractivity contribution < 1.29 is 4.39 Å². The highest BCUT2D eigenvalue weighted by Gasteiger charge is 2.32. The van der Waals surface area contributed by atoms with E-state index in [1.165, 1.54) is 17.6 Å². The molecule has 1 rings (SSSR count). The molecule has 0 fully saturated rings. The van der Waals surface area contributed by atoms with Crippen LogP contribution in [0.1, 0.15) is 81.6 Å². The van der Waals surface area contributed by atoms with Gasteiger partial charge in [-0.25, -0.2) is 4.39 Å². The first-order chi connectivity index (χ1) is 10.7. The van der Waals surface area contributed by atoms with E-state index in [-0.39, 0.29) is 17.2 Å². The van der Waals surface area contributed by atoms with Gasteiger partial charge < -0.3 is 0 Å². The van der Waals surface area contributed by atoms with Crippen LogP contribution < -0.4 is 0 Å². The van der Waals surface area contributed by atoms with Crippen LogP contribution in [0.2, 0.25) is 0 Å². The second kappa shape index (κ2) is 12.9. The maximum absolute atomic E-state index is 13.9. The van der Waals surface area contributed by atoms with Gasteiger partial charge in [0.05, 0.1) is 0 Å². The molecule has 0 aliphatic heterocycles. The summed E-state index contributed by atoms with van der Waals surface area (Å²) in [5.74, 6) is 0.206. The highest BCUT2D eigenvalue weighted by molar-refractivity contribution is 7.16. The SMILES string of the molecule is CC.CC/C(C)=C(\CP)CC(C)(C)C1=C(F)C=CC1C.CCC. The van der Waals surface area contributed by atoms with Crippen LogP contribution in [-0.4, -0.2) is 6.16 Å². The molecule has 0 N–H and O–H groups in total. The number of hydrogen-bond acceptors (Lipinski definition) is 0. The summed E-state index contributed by atoms with van der Waals surface area (Å²) in [5, 5.41) is 0. The van der Waals surface area contributed by atoms with Crippen LogP contribution in [0.25, 0.3) is 0 Å². The first kappa shape index (κ1) is 24.8. The number of halogens is 1. The lowest BCUT2D eigenvalue weighted by Crippen LogP contribution is -2.20. The van der Waals surface area contributed by atoms with Crippen molar-refractivity contribution in [3.63, 3.8) is 0 Å². The van der Waals surface area contributed by atoms with Gasteiger partial charge in [0.1, 0.15) is 5.83 Å². The summed E-state index contributed by atoms with van der Waals surface area (Å²) >= 11 is 0. The minimum Gasteiger partial charge on any atom is -0.207 e.